The molecule has 0 unspecified atom stereocenters. The third-order valence-electron chi connectivity index (χ3n) is 7.08. The first-order valence-electron chi connectivity index (χ1n) is 10.4. The molecule has 0 aliphatic heterocycles. The number of hydrogen-bond donors (Lipinski definition) is 1. The molecule has 4 heteroatoms. The summed E-state index contributed by atoms with van der Waals surface area (Å²) in [5.74, 6) is 4.20. The molecule has 4 saturated carbocycles. The van der Waals surface area contributed by atoms with Gasteiger partial charge in [-0.3, -0.25) is 4.79 Å². The largest absolute Gasteiger partial charge is 0.441 e. The zero-order chi connectivity index (χ0) is 18.4. The van der Waals surface area contributed by atoms with E-state index in [0.29, 0.717) is 18.3 Å². The van der Waals surface area contributed by atoms with Crippen LogP contribution < -0.4 is 5.32 Å². The van der Waals surface area contributed by atoms with Crippen LogP contribution in [-0.4, -0.2) is 17.4 Å². The molecule has 1 amide bonds. The van der Waals surface area contributed by atoms with E-state index in [-0.39, 0.29) is 5.41 Å². The second-order valence-electron chi connectivity index (χ2n) is 9.09. The van der Waals surface area contributed by atoms with Crippen LogP contribution in [0.15, 0.2) is 34.7 Å². The highest BCUT2D eigenvalue weighted by Gasteiger charge is 2.54. The van der Waals surface area contributed by atoms with Crippen LogP contribution in [0.3, 0.4) is 0 Å². The molecule has 1 heterocycles. The van der Waals surface area contributed by atoms with Crippen LogP contribution in [0.5, 0.6) is 0 Å². The van der Waals surface area contributed by atoms with Crippen LogP contribution in [0.1, 0.15) is 50.0 Å². The van der Waals surface area contributed by atoms with E-state index in [0.717, 1.165) is 60.5 Å². The first kappa shape index (κ1) is 17.0. The Morgan fingerprint density at radius 2 is 1.74 bits per heavy atom. The number of nitrogens with one attached hydrogen (secondary N) is 1. The first-order valence-corrected chi connectivity index (χ1v) is 10.4. The minimum absolute atomic E-state index is 0.0666. The lowest BCUT2D eigenvalue weighted by atomic mass is 9.49. The fourth-order valence-electron chi connectivity index (χ4n) is 6.23. The maximum Gasteiger partial charge on any atom is 0.226 e. The van der Waals surface area contributed by atoms with E-state index < -0.39 is 0 Å². The van der Waals surface area contributed by atoms with Gasteiger partial charge in [-0.15, -0.1) is 0 Å². The smallest absolute Gasteiger partial charge is 0.226 e. The monoisotopic (exact) mass is 364 g/mol. The lowest BCUT2D eigenvalue weighted by Crippen LogP contribution is -2.53. The fraction of sp³-hybridized carbons (Fsp3) is 0.565. The van der Waals surface area contributed by atoms with Gasteiger partial charge >= 0.3 is 0 Å². The molecule has 4 nitrogen and oxygen atoms in total. The van der Waals surface area contributed by atoms with Gasteiger partial charge in [-0.1, -0.05) is 18.2 Å². The zero-order valence-corrected chi connectivity index (χ0v) is 16.0. The van der Waals surface area contributed by atoms with Crippen molar-refractivity contribution in [1.82, 2.24) is 10.3 Å². The van der Waals surface area contributed by atoms with Gasteiger partial charge in [0.1, 0.15) is 5.76 Å². The van der Waals surface area contributed by atoms with Gasteiger partial charge in [-0.2, -0.15) is 0 Å². The van der Waals surface area contributed by atoms with Crippen molar-refractivity contribution < 1.29 is 9.21 Å². The molecule has 27 heavy (non-hydrogen) atoms. The molecule has 4 bridgehead atoms. The number of oxazole rings is 1. The summed E-state index contributed by atoms with van der Waals surface area (Å²) in [7, 11) is 0. The van der Waals surface area contributed by atoms with Crippen LogP contribution in [-0.2, 0) is 11.2 Å². The van der Waals surface area contributed by atoms with Crippen molar-refractivity contribution in [2.45, 2.75) is 51.9 Å². The van der Waals surface area contributed by atoms with Crippen molar-refractivity contribution in [3.05, 3.63) is 41.8 Å². The minimum atomic E-state index is -0.0666. The standard InChI is InChI=1S/C23H28N2O2/c1-15-20(25-21(27-15)19-5-3-2-4-6-19)7-8-24-22(26)23-12-16-9-17(13-23)11-18(10-16)14-23/h2-6,16-18H,7-14H2,1H3,(H,24,26). The maximum atomic E-state index is 13.0. The highest BCUT2D eigenvalue weighted by Crippen LogP contribution is 2.60. The van der Waals surface area contributed by atoms with Crippen LogP contribution in [0.4, 0.5) is 0 Å². The van der Waals surface area contributed by atoms with E-state index in [9.17, 15) is 4.79 Å². The van der Waals surface area contributed by atoms with Crippen molar-refractivity contribution in [2.75, 3.05) is 6.54 Å². The molecule has 4 aliphatic carbocycles. The molecule has 0 saturated heterocycles. The average molecular weight is 364 g/mol. The van der Waals surface area contributed by atoms with Gasteiger partial charge in [-0.25, -0.2) is 4.98 Å². The summed E-state index contributed by atoms with van der Waals surface area (Å²) >= 11 is 0. The van der Waals surface area contributed by atoms with E-state index in [1.54, 1.807) is 0 Å². The Morgan fingerprint density at radius 1 is 1.11 bits per heavy atom. The molecular weight excluding hydrogens is 336 g/mol. The van der Waals surface area contributed by atoms with E-state index >= 15 is 0 Å². The molecule has 0 radical (unpaired) electrons. The van der Waals surface area contributed by atoms with E-state index in [1.807, 2.05) is 37.3 Å². The normalized spacial score (nSPS) is 31.2. The molecular formula is C23H28N2O2. The number of hydrogen-bond acceptors (Lipinski definition) is 3. The minimum Gasteiger partial charge on any atom is -0.441 e. The number of benzene rings is 1. The van der Waals surface area contributed by atoms with E-state index in [2.05, 4.69) is 10.3 Å². The third-order valence-corrected chi connectivity index (χ3v) is 7.08. The number of aromatic nitrogens is 1. The number of carbonyl (C=O) groups excluding carboxylic acids is 1. The van der Waals surface area contributed by atoms with Gasteiger partial charge in [0.15, 0.2) is 0 Å². The quantitative estimate of drug-likeness (QED) is 0.848. The molecule has 2 aromatic rings. The predicted octanol–water partition coefficient (Wildman–Crippen LogP) is 4.53. The number of rotatable bonds is 5. The Kier molecular flexibility index (Phi) is 4.10. The van der Waals surface area contributed by atoms with Gasteiger partial charge in [-0.05, 0) is 75.3 Å². The number of amides is 1. The lowest BCUT2D eigenvalue weighted by Gasteiger charge is -2.55. The third kappa shape index (κ3) is 3.09. The van der Waals surface area contributed by atoms with E-state index in [1.165, 1.54) is 19.3 Å². The van der Waals surface area contributed by atoms with Crippen molar-refractivity contribution in [2.24, 2.45) is 23.2 Å². The summed E-state index contributed by atoms with van der Waals surface area (Å²) in [4.78, 5) is 17.7. The summed E-state index contributed by atoms with van der Waals surface area (Å²) in [5.41, 5.74) is 1.87. The van der Waals surface area contributed by atoms with Gasteiger partial charge in [0.2, 0.25) is 11.8 Å². The molecule has 4 fully saturated rings. The number of carbonyl (C=O) groups is 1. The summed E-state index contributed by atoms with van der Waals surface area (Å²) in [6.07, 6.45) is 8.18. The topological polar surface area (TPSA) is 55.1 Å². The molecule has 6 rings (SSSR count). The number of aryl methyl sites for hydroxylation is 1. The molecule has 4 aliphatic rings. The molecule has 1 aromatic carbocycles. The molecule has 1 aromatic heterocycles. The molecule has 0 spiro atoms. The fourth-order valence-corrected chi connectivity index (χ4v) is 6.23. The highest BCUT2D eigenvalue weighted by molar-refractivity contribution is 5.83. The Balaban J connectivity index is 1.22. The lowest BCUT2D eigenvalue weighted by molar-refractivity contribution is -0.146. The SMILES string of the molecule is Cc1oc(-c2ccccc2)nc1CCNC(=O)C12CC3CC(CC(C3)C1)C2. The zero-order valence-electron chi connectivity index (χ0n) is 16.0. The molecule has 1 N–H and O–H groups in total. The highest BCUT2D eigenvalue weighted by atomic mass is 16.4. The average Bonchev–Trinajstić information content (AvgIpc) is 3.02. The Morgan fingerprint density at radius 3 is 2.37 bits per heavy atom. The van der Waals surface area contributed by atoms with Gasteiger partial charge in [0, 0.05) is 23.9 Å². The summed E-state index contributed by atoms with van der Waals surface area (Å²) in [6, 6.07) is 9.97. The Bertz CT molecular complexity index is 804. The van der Waals surface area contributed by atoms with Crippen molar-refractivity contribution >= 4 is 5.91 Å². The number of nitrogens with zero attached hydrogens (tertiary/aromatic N) is 1. The van der Waals surface area contributed by atoms with Crippen LogP contribution in [0.25, 0.3) is 11.5 Å². The predicted molar refractivity (Wildman–Crippen MR) is 104 cm³/mol. The Labute approximate surface area is 160 Å². The van der Waals surface area contributed by atoms with Crippen LogP contribution >= 0.6 is 0 Å². The second-order valence-corrected chi connectivity index (χ2v) is 9.09. The van der Waals surface area contributed by atoms with Gasteiger partial charge in [0.05, 0.1) is 5.69 Å². The molecule has 142 valence electrons. The van der Waals surface area contributed by atoms with Gasteiger partial charge < -0.3 is 9.73 Å². The first-order chi connectivity index (χ1) is 13.1. The molecule has 0 atom stereocenters. The van der Waals surface area contributed by atoms with Crippen LogP contribution in [0.2, 0.25) is 0 Å². The summed E-state index contributed by atoms with van der Waals surface area (Å²) in [6.45, 7) is 2.60. The summed E-state index contributed by atoms with van der Waals surface area (Å²) in [5, 5.41) is 3.24. The Hall–Kier alpha value is -2.10. The second kappa shape index (κ2) is 6.50. The van der Waals surface area contributed by atoms with Crippen LogP contribution in [0, 0.1) is 30.1 Å². The van der Waals surface area contributed by atoms with Crippen molar-refractivity contribution in [3.63, 3.8) is 0 Å². The maximum absolute atomic E-state index is 13.0. The van der Waals surface area contributed by atoms with Gasteiger partial charge in [0.25, 0.3) is 0 Å². The van der Waals surface area contributed by atoms with E-state index in [4.69, 9.17) is 4.42 Å². The van der Waals surface area contributed by atoms with Crippen molar-refractivity contribution in [3.8, 4) is 11.5 Å². The summed E-state index contributed by atoms with van der Waals surface area (Å²) < 4.78 is 5.83. The van der Waals surface area contributed by atoms with Crippen molar-refractivity contribution in [1.29, 1.82) is 0 Å².